The van der Waals surface area contributed by atoms with Crippen molar-refractivity contribution < 1.29 is 4.74 Å². The van der Waals surface area contributed by atoms with Gasteiger partial charge in [0.25, 0.3) is 0 Å². The summed E-state index contributed by atoms with van der Waals surface area (Å²) in [6.07, 6.45) is 0. The first-order chi connectivity index (χ1) is 8.77. The Morgan fingerprint density at radius 2 is 2.00 bits per heavy atom. The summed E-state index contributed by atoms with van der Waals surface area (Å²) < 4.78 is 5.59. The molecule has 3 heteroatoms. The Balaban J connectivity index is 2.20. The molecule has 0 N–H and O–H groups in total. The van der Waals surface area contributed by atoms with E-state index in [0.717, 1.165) is 27.5 Å². The number of benzene rings is 1. The molecule has 1 aromatic carbocycles. The summed E-state index contributed by atoms with van der Waals surface area (Å²) in [6, 6.07) is 12.0. The lowest BCUT2D eigenvalue weighted by molar-refractivity contribution is 0.286. The highest BCUT2D eigenvalue weighted by Gasteiger charge is 2.24. The van der Waals surface area contributed by atoms with Gasteiger partial charge in [0.05, 0.1) is 0 Å². The summed E-state index contributed by atoms with van der Waals surface area (Å²) in [5, 5.41) is 2.80. The van der Waals surface area contributed by atoms with E-state index in [1.165, 1.54) is 4.88 Å². The van der Waals surface area contributed by atoms with Crippen LogP contribution in [0.3, 0.4) is 0 Å². The van der Waals surface area contributed by atoms with Gasteiger partial charge in [-0.05, 0) is 17.5 Å². The number of rotatable bonds is 2. The first kappa shape index (κ1) is 11.6. The fourth-order valence-electron chi connectivity index (χ4n) is 2.10. The number of hydrogen-bond acceptors (Lipinski definition) is 2. The van der Waals surface area contributed by atoms with Gasteiger partial charge in [-0.15, -0.1) is 11.3 Å². The Morgan fingerprint density at radius 3 is 2.72 bits per heavy atom. The van der Waals surface area contributed by atoms with E-state index >= 15 is 0 Å². The molecule has 2 aromatic rings. The summed E-state index contributed by atoms with van der Waals surface area (Å²) in [5.41, 5.74) is 3.23. The van der Waals surface area contributed by atoms with E-state index in [-0.39, 0.29) is 0 Å². The zero-order valence-corrected chi connectivity index (χ0v) is 11.2. The van der Waals surface area contributed by atoms with Crippen LogP contribution in [0.2, 0.25) is 5.02 Å². The number of hydrogen-bond donors (Lipinski definition) is 0. The number of halogens is 1. The van der Waals surface area contributed by atoms with Crippen LogP contribution in [0.4, 0.5) is 0 Å². The Bertz CT molecular complexity index is 626. The zero-order chi connectivity index (χ0) is 12.5. The first-order valence-corrected chi connectivity index (χ1v) is 6.87. The van der Waals surface area contributed by atoms with Gasteiger partial charge in [0.1, 0.15) is 12.4 Å². The monoisotopic (exact) mass is 274 g/mol. The smallest absolute Gasteiger partial charge is 0.121 e. The van der Waals surface area contributed by atoms with Crippen molar-refractivity contribution in [2.75, 3.05) is 6.61 Å². The van der Waals surface area contributed by atoms with E-state index in [2.05, 4.69) is 18.0 Å². The zero-order valence-electron chi connectivity index (χ0n) is 9.65. The second kappa shape index (κ2) is 4.63. The number of ether oxygens (including phenoxy) is 1. The molecule has 0 bridgehead atoms. The van der Waals surface area contributed by atoms with Crippen molar-refractivity contribution in [3.05, 3.63) is 69.6 Å². The van der Waals surface area contributed by atoms with Gasteiger partial charge in [0.2, 0.25) is 0 Å². The second-order valence-corrected chi connectivity index (χ2v) is 5.38. The van der Waals surface area contributed by atoms with Crippen molar-refractivity contribution in [2.45, 2.75) is 0 Å². The van der Waals surface area contributed by atoms with Crippen LogP contribution in [0.5, 0.6) is 0 Å². The van der Waals surface area contributed by atoms with Crippen LogP contribution in [0.15, 0.2) is 54.1 Å². The summed E-state index contributed by atoms with van der Waals surface area (Å²) in [4.78, 5) is 1.17. The van der Waals surface area contributed by atoms with Gasteiger partial charge in [-0.1, -0.05) is 42.4 Å². The van der Waals surface area contributed by atoms with Gasteiger partial charge in [-0.3, -0.25) is 0 Å². The lowest BCUT2D eigenvalue weighted by atomic mass is 10.0. The fourth-order valence-corrected chi connectivity index (χ4v) is 3.16. The topological polar surface area (TPSA) is 9.23 Å². The quantitative estimate of drug-likeness (QED) is 0.760. The maximum Gasteiger partial charge on any atom is 0.121 e. The van der Waals surface area contributed by atoms with Gasteiger partial charge < -0.3 is 4.74 Å². The standard InChI is InChI=1S/C15H11ClOS/c1-10-15(14-7-4-8-18-14)12(9-17-10)11-5-2-3-6-13(11)16/h2-8H,1,9H2. The third-order valence-corrected chi connectivity index (χ3v) is 4.15. The Labute approximate surface area is 115 Å². The minimum absolute atomic E-state index is 0.538. The number of allylic oxidation sites excluding steroid dienone is 1. The lowest BCUT2D eigenvalue weighted by Crippen LogP contribution is -1.89. The van der Waals surface area contributed by atoms with E-state index in [1.54, 1.807) is 11.3 Å². The largest absolute Gasteiger partial charge is 0.489 e. The van der Waals surface area contributed by atoms with E-state index < -0.39 is 0 Å². The van der Waals surface area contributed by atoms with Crippen molar-refractivity contribution in [1.82, 2.24) is 0 Å². The van der Waals surface area contributed by atoms with Gasteiger partial charge >= 0.3 is 0 Å². The van der Waals surface area contributed by atoms with Crippen LogP contribution in [0.25, 0.3) is 11.1 Å². The van der Waals surface area contributed by atoms with E-state index in [9.17, 15) is 0 Å². The highest BCUT2D eigenvalue weighted by atomic mass is 35.5. The summed E-state index contributed by atoms with van der Waals surface area (Å²) in [6.45, 7) is 4.52. The van der Waals surface area contributed by atoms with Gasteiger partial charge in [-0.2, -0.15) is 0 Å². The van der Waals surface area contributed by atoms with Crippen molar-refractivity contribution in [3.8, 4) is 0 Å². The van der Waals surface area contributed by atoms with E-state index in [0.29, 0.717) is 6.61 Å². The van der Waals surface area contributed by atoms with Crippen LogP contribution in [-0.2, 0) is 4.74 Å². The maximum atomic E-state index is 6.26. The van der Waals surface area contributed by atoms with Crippen molar-refractivity contribution >= 4 is 34.1 Å². The van der Waals surface area contributed by atoms with Crippen molar-refractivity contribution in [2.24, 2.45) is 0 Å². The molecule has 1 aromatic heterocycles. The molecule has 90 valence electrons. The van der Waals surface area contributed by atoms with Crippen LogP contribution in [0.1, 0.15) is 10.4 Å². The summed E-state index contributed by atoms with van der Waals surface area (Å²) >= 11 is 7.95. The molecule has 1 aliphatic heterocycles. The molecular weight excluding hydrogens is 264 g/mol. The molecular formula is C15H11ClOS. The van der Waals surface area contributed by atoms with Crippen LogP contribution < -0.4 is 0 Å². The maximum absolute atomic E-state index is 6.26. The molecule has 0 saturated heterocycles. The van der Waals surface area contributed by atoms with Gasteiger partial charge in [0.15, 0.2) is 0 Å². The van der Waals surface area contributed by atoms with Crippen LogP contribution in [-0.4, -0.2) is 6.61 Å². The molecule has 3 rings (SSSR count). The third kappa shape index (κ3) is 1.88. The molecule has 0 fully saturated rings. The minimum Gasteiger partial charge on any atom is -0.489 e. The van der Waals surface area contributed by atoms with E-state index in [1.807, 2.05) is 30.3 Å². The molecule has 1 aliphatic rings. The normalized spacial score (nSPS) is 15.1. The van der Waals surface area contributed by atoms with Crippen LogP contribution in [0, 0.1) is 0 Å². The van der Waals surface area contributed by atoms with E-state index in [4.69, 9.17) is 16.3 Å². The van der Waals surface area contributed by atoms with Crippen molar-refractivity contribution in [3.63, 3.8) is 0 Å². The second-order valence-electron chi connectivity index (χ2n) is 4.02. The fraction of sp³-hybridized carbons (Fsp3) is 0.0667. The van der Waals surface area contributed by atoms with Gasteiger partial charge in [0, 0.05) is 26.6 Å². The third-order valence-electron chi connectivity index (χ3n) is 2.94. The molecule has 0 radical (unpaired) electrons. The molecule has 0 spiro atoms. The molecule has 1 nitrogen and oxygen atoms in total. The molecule has 0 saturated carbocycles. The molecule has 18 heavy (non-hydrogen) atoms. The average molecular weight is 275 g/mol. The predicted molar refractivity (Wildman–Crippen MR) is 77.7 cm³/mol. The highest BCUT2D eigenvalue weighted by Crippen LogP contribution is 2.41. The minimum atomic E-state index is 0.538. The van der Waals surface area contributed by atoms with Crippen molar-refractivity contribution in [1.29, 1.82) is 0 Å². The molecule has 0 amide bonds. The summed E-state index contributed by atoms with van der Waals surface area (Å²) in [5.74, 6) is 0.729. The molecule has 2 heterocycles. The average Bonchev–Trinajstić information content (AvgIpc) is 2.98. The number of thiophene rings is 1. The predicted octanol–water partition coefficient (Wildman–Crippen LogP) is 4.86. The lowest BCUT2D eigenvalue weighted by Gasteiger charge is -2.05. The molecule has 0 aliphatic carbocycles. The van der Waals surface area contributed by atoms with Gasteiger partial charge in [-0.25, -0.2) is 0 Å². The molecule has 0 unspecified atom stereocenters. The Hall–Kier alpha value is -1.51. The summed E-state index contributed by atoms with van der Waals surface area (Å²) in [7, 11) is 0. The van der Waals surface area contributed by atoms with Crippen LogP contribution >= 0.6 is 22.9 Å². The Kier molecular flexibility index (Phi) is 2.98. The Morgan fingerprint density at radius 1 is 1.17 bits per heavy atom. The molecule has 0 atom stereocenters. The SMILES string of the molecule is C=C1OCC(c2ccccc2Cl)=C1c1cccs1. The highest BCUT2D eigenvalue weighted by molar-refractivity contribution is 7.11. The first-order valence-electron chi connectivity index (χ1n) is 5.61.